The first-order valence-electron chi connectivity index (χ1n) is 5.27. The lowest BCUT2D eigenvalue weighted by atomic mass is 10.2. The maximum Gasteiger partial charge on any atom is 0.251 e. The second kappa shape index (κ2) is 6.85. The predicted octanol–water partition coefficient (Wildman–Crippen LogP) is 1.41. The highest BCUT2D eigenvalue weighted by Crippen LogP contribution is 2.24. The minimum atomic E-state index is -0.280. The number of amides is 1. The van der Waals surface area contributed by atoms with Crippen molar-refractivity contribution in [3.63, 3.8) is 0 Å². The number of hydrogen-bond acceptors (Lipinski definition) is 4. The molecule has 1 aromatic rings. The van der Waals surface area contributed by atoms with E-state index in [2.05, 4.69) is 26.4 Å². The summed E-state index contributed by atoms with van der Waals surface area (Å²) in [5.41, 5.74) is 5.66. The molecule has 0 fully saturated rings. The molecule has 0 heterocycles. The van der Waals surface area contributed by atoms with Gasteiger partial charge in [0.2, 0.25) is 0 Å². The molecule has 98 valence electrons. The van der Waals surface area contributed by atoms with Crippen LogP contribution in [0.3, 0.4) is 0 Å². The minimum absolute atomic E-state index is 0.0132. The Bertz CT molecular complexity index is 463. The molecule has 5 N–H and O–H groups in total. The number of carbonyl (C=O) groups is 1. The van der Waals surface area contributed by atoms with Gasteiger partial charge in [0.1, 0.15) is 11.6 Å². The fourth-order valence-corrected chi connectivity index (χ4v) is 1.52. The smallest absolute Gasteiger partial charge is 0.251 e. The molecule has 0 unspecified atom stereocenters. The van der Waals surface area contributed by atoms with E-state index in [0.29, 0.717) is 29.4 Å². The number of rotatable bonds is 5. The number of oxime groups is 1. The molecule has 6 nitrogen and oxygen atoms in total. The van der Waals surface area contributed by atoms with Gasteiger partial charge >= 0.3 is 0 Å². The van der Waals surface area contributed by atoms with E-state index < -0.39 is 0 Å². The van der Waals surface area contributed by atoms with Crippen molar-refractivity contribution in [2.45, 2.75) is 12.8 Å². The maximum atomic E-state index is 11.7. The molecule has 1 aromatic carbocycles. The fourth-order valence-electron chi connectivity index (χ4n) is 1.28. The van der Waals surface area contributed by atoms with Crippen molar-refractivity contribution in [2.75, 3.05) is 6.54 Å². The Hall–Kier alpha value is -1.76. The summed E-state index contributed by atoms with van der Waals surface area (Å²) in [7, 11) is 0. The van der Waals surface area contributed by atoms with Gasteiger partial charge in [-0.25, -0.2) is 0 Å². The van der Waals surface area contributed by atoms with Crippen LogP contribution >= 0.6 is 15.9 Å². The van der Waals surface area contributed by atoms with Crippen molar-refractivity contribution in [2.24, 2.45) is 10.9 Å². The molecule has 1 rings (SSSR count). The van der Waals surface area contributed by atoms with Gasteiger partial charge in [-0.2, -0.15) is 0 Å². The quantitative estimate of drug-likeness (QED) is 0.216. The summed E-state index contributed by atoms with van der Waals surface area (Å²) in [6.45, 7) is 0.409. The highest BCUT2D eigenvalue weighted by atomic mass is 79.9. The fraction of sp³-hybridized carbons (Fsp3) is 0.273. The lowest BCUT2D eigenvalue weighted by Gasteiger charge is -2.05. The Labute approximate surface area is 113 Å². The van der Waals surface area contributed by atoms with Crippen LogP contribution in [-0.4, -0.2) is 28.6 Å². The van der Waals surface area contributed by atoms with Gasteiger partial charge in [-0.15, -0.1) is 0 Å². The van der Waals surface area contributed by atoms with E-state index in [-0.39, 0.29) is 17.5 Å². The number of benzene rings is 1. The molecule has 0 atom stereocenters. The third-order valence-corrected chi connectivity index (χ3v) is 2.90. The minimum Gasteiger partial charge on any atom is -0.507 e. The average Bonchev–Trinajstić information content (AvgIpc) is 2.37. The number of halogens is 1. The summed E-state index contributed by atoms with van der Waals surface area (Å²) < 4.78 is 0.533. The van der Waals surface area contributed by atoms with Crippen molar-refractivity contribution < 1.29 is 15.1 Å². The molecule has 0 aliphatic heterocycles. The standard InChI is InChI=1S/C11H14BrN3O3/c12-8-4-3-7(6-9(8)16)11(17)14-5-1-2-10(13)15-18/h3-4,6,16,18H,1-2,5H2,(H2,13,15)(H,14,17). The van der Waals surface area contributed by atoms with Gasteiger partial charge < -0.3 is 21.4 Å². The van der Waals surface area contributed by atoms with Gasteiger partial charge in [0.05, 0.1) is 4.47 Å². The molecule has 18 heavy (non-hydrogen) atoms. The number of amidine groups is 1. The average molecular weight is 316 g/mol. The Balaban J connectivity index is 2.43. The Kier molecular flexibility index (Phi) is 5.44. The van der Waals surface area contributed by atoms with E-state index in [4.69, 9.17) is 10.9 Å². The zero-order chi connectivity index (χ0) is 13.5. The van der Waals surface area contributed by atoms with Gasteiger partial charge in [-0.3, -0.25) is 4.79 Å². The number of nitrogens with zero attached hydrogens (tertiary/aromatic N) is 1. The summed E-state index contributed by atoms with van der Waals surface area (Å²) in [4.78, 5) is 11.7. The number of phenolic OH excluding ortho intramolecular Hbond substituents is 1. The Morgan fingerprint density at radius 1 is 1.50 bits per heavy atom. The maximum absolute atomic E-state index is 11.7. The molecule has 0 bridgehead atoms. The van der Waals surface area contributed by atoms with Crippen LogP contribution in [0.2, 0.25) is 0 Å². The molecule has 0 aliphatic rings. The first-order valence-corrected chi connectivity index (χ1v) is 6.07. The van der Waals surface area contributed by atoms with E-state index in [1.54, 1.807) is 12.1 Å². The second-order valence-electron chi connectivity index (χ2n) is 3.62. The SMILES string of the molecule is N/C(CCCNC(=O)c1ccc(Br)c(O)c1)=N/O. The number of carbonyl (C=O) groups excluding carboxylic acids is 1. The van der Waals surface area contributed by atoms with Crippen LogP contribution in [0.15, 0.2) is 27.8 Å². The van der Waals surface area contributed by atoms with Crippen LogP contribution < -0.4 is 11.1 Å². The number of nitrogens with one attached hydrogen (secondary N) is 1. The van der Waals surface area contributed by atoms with Gasteiger partial charge in [-0.05, 0) is 40.5 Å². The molecule has 0 spiro atoms. The molecule has 1 amide bonds. The third-order valence-electron chi connectivity index (χ3n) is 2.23. The highest BCUT2D eigenvalue weighted by molar-refractivity contribution is 9.10. The molecular formula is C11H14BrN3O3. The van der Waals surface area contributed by atoms with Crippen LogP contribution in [0.25, 0.3) is 0 Å². The van der Waals surface area contributed by atoms with Gasteiger partial charge in [0.25, 0.3) is 5.91 Å². The number of aromatic hydroxyl groups is 1. The summed E-state index contributed by atoms with van der Waals surface area (Å²) in [5.74, 6) is -0.137. The van der Waals surface area contributed by atoms with Crippen molar-refractivity contribution in [3.8, 4) is 5.75 Å². The molecule has 0 aliphatic carbocycles. The normalized spacial score (nSPS) is 11.3. The number of hydrogen-bond donors (Lipinski definition) is 4. The van der Waals surface area contributed by atoms with E-state index in [9.17, 15) is 9.90 Å². The second-order valence-corrected chi connectivity index (χ2v) is 4.47. The van der Waals surface area contributed by atoms with Crippen molar-refractivity contribution >= 4 is 27.7 Å². The zero-order valence-electron chi connectivity index (χ0n) is 9.56. The van der Waals surface area contributed by atoms with Crippen LogP contribution in [0, 0.1) is 0 Å². The van der Waals surface area contributed by atoms with E-state index in [1.165, 1.54) is 6.07 Å². The molecule has 0 saturated heterocycles. The third kappa shape index (κ3) is 4.25. The monoisotopic (exact) mass is 315 g/mol. The van der Waals surface area contributed by atoms with E-state index in [1.807, 2.05) is 0 Å². The molecular weight excluding hydrogens is 302 g/mol. The summed E-state index contributed by atoms with van der Waals surface area (Å²) in [6.07, 6.45) is 0.979. The van der Waals surface area contributed by atoms with Crippen LogP contribution in [-0.2, 0) is 0 Å². The topological polar surface area (TPSA) is 108 Å². The van der Waals surface area contributed by atoms with Gasteiger partial charge in [0.15, 0.2) is 0 Å². The molecule has 0 saturated carbocycles. The van der Waals surface area contributed by atoms with Crippen molar-refractivity contribution in [3.05, 3.63) is 28.2 Å². The zero-order valence-corrected chi connectivity index (χ0v) is 11.1. The van der Waals surface area contributed by atoms with Crippen LogP contribution in [0.1, 0.15) is 23.2 Å². The molecule has 0 aromatic heterocycles. The first-order chi connectivity index (χ1) is 8.54. The van der Waals surface area contributed by atoms with Crippen molar-refractivity contribution in [1.82, 2.24) is 5.32 Å². The number of phenols is 1. The van der Waals surface area contributed by atoms with Crippen LogP contribution in [0.4, 0.5) is 0 Å². The Morgan fingerprint density at radius 2 is 2.22 bits per heavy atom. The number of nitrogens with two attached hydrogens (primary N) is 1. The predicted molar refractivity (Wildman–Crippen MR) is 70.8 cm³/mol. The summed E-state index contributed by atoms with van der Waals surface area (Å²) in [5, 5.41) is 23.3. The lowest BCUT2D eigenvalue weighted by Crippen LogP contribution is -2.25. The van der Waals surface area contributed by atoms with Gasteiger partial charge in [-0.1, -0.05) is 5.16 Å². The van der Waals surface area contributed by atoms with E-state index in [0.717, 1.165) is 0 Å². The Morgan fingerprint density at radius 3 is 2.83 bits per heavy atom. The summed E-state index contributed by atoms with van der Waals surface area (Å²) >= 11 is 3.13. The molecule has 7 heteroatoms. The highest BCUT2D eigenvalue weighted by Gasteiger charge is 2.07. The van der Waals surface area contributed by atoms with Crippen molar-refractivity contribution in [1.29, 1.82) is 0 Å². The lowest BCUT2D eigenvalue weighted by molar-refractivity contribution is 0.0953. The molecule has 0 radical (unpaired) electrons. The largest absolute Gasteiger partial charge is 0.507 e. The van der Waals surface area contributed by atoms with Gasteiger partial charge in [0, 0.05) is 18.5 Å². The van der Waals surface area contributed by atoms with Crippen LogP contribution in [0.5, 0.6) is 5.75 Å². The summed E-state index contributed by atoms with van der Waals surface area (Å²) in [6, 6.07) is 4.58. The first kappa shape index (κ1) is 14.3. The van der Waals surface area contributed by atoms with E-state index >= 15 is 0 Å².